The summed E-state index contributed by atoms with van der Waals surface area (Å²) in [6.07, 6.45) is 3.07. The van der Waals surface area contributed by atoms with Gasteiger partial charge >= 0.3 is 0 Å². The van der Waals surface area contributed by atoms with Gasteiger partial charge in [0.1, 0.15) is 6.29 Å². The number of carbonyl (C=O) groups is 1. The van der Waals surface area contributed by atoms with Gasteiger partial charge < -0.3 is 14.7 Å². The molecule has 2 rings (SSSR count). The van der Waals surface area contributed by atoms with Crippen molar-refractivity contribution in [2.24, 2.45) is 0 Å². The highest BCUT2D eigenvalue weighted by atomic mass is 32.2. The molecule has 1 N–H and O–H groups in total. The normalized spacial score (nSPS) is 18.2. The minimum absolute atomic E-state index is 0.0344. The topological polar surface area (TPSA) is 100 Å². The number of carbonyl (C=O) groups excluding carboxylic acids is 1. The lowest BCUT2D eigenvalue weighted by Crippen LogP contribution is -2.43. The molecule has 0 radical (unpaired) electrons. The quantitative estimate of drug-likeness (QED) is 0.722. The molecule has 0 bridgehead atoms. The lowest BCUT2D eigenvalue weighted by atomic mass is 10.2. The van der Waals surface area contributed by atoms with Gasteiger partial charge in [0.15, 0.2) is 15.7 Å². The minimum Gasteiger partial charge on any atom is -0.350 e. The Hall–Kier alpha value is -1.70. The van der Waals surface area contributed by atoms with Crippen molar-refractivity contribution in [2.75, 3.05) is 29.5 Å². The Kier molecular flexibility index (Phi) is 3.98. The molecule has 1 aromatic heterocycles. The van der Waals surface area contributed by atoms with Crippen LogP contribution in [0.15, 0.2) is 11.0 Å². The second-order valence-electron chi connectivity index (χ2n) is 4.39. The molecule has 7 nitrogen and oxygen atoms in total. The molecule has 2 heterocycles. The van der Waals surface area contributed by atoms with Gasteiger partial charge in [-0.3, -0.25) is 4.79 Å². The molecule has 104 valence electrons. The van der Waals surface area contributed by atoms with E-state index in [-0.39, 0.29) is 36.0 Å². The van der Waals surface area contributed by atoms with Crippen LogP contribution >= 0.6 is 0 Å². The fourth-order valence-electron chi connectivity index (χ4n) is 1.91. The molecule has 19 heavy (non-hydrogen) atoms. The number of aromatic amines is 1. The van der Waals surface area contributed by atoms with Crippen LogP contribution in [-0.2, 0) is 21.1 Å². The highest BCUT2D eigenvalue weighted by molar-refractivity contribution is 7.91. The molecule has 1 aliphatic heterocycles. The zero-order valence-corrected chi connectivity index (χ0v) is 11.1. The molecule has 1 saturated heterocycles. The monoisotopic (exact) mass is 285 g/mol. The van der Waals surface area contributed by atoms with Gasteiger partial charge in [-0.05, 0) is 6.42 Å². The lowest BCUT2D eigenvalue weighted by Gasteiger charge is -2.27. The van der Waals surface area contributed by atoms with E-state index in [1.54, 1.807) is 4.90 Å². The van der Waals surface area contributed by atoms with Crippen LogP contribution in [0.3, 0.4) is 0 Å². The Morgan fingerprint density at radius 3 is 2.68 bits per heavy atom. The van der Waals surface area contributed by atoms with Crippen molar-refractivity contribution in [3.8, 4) is 0 Å². The number of hydrogen-bond donors (Lipinski definition) is 1. The van der Waals surface area contributed by atoms with E-state index in [0.29, 0.717) is 18.5 Å². The summed E-state index contributed by atoms with van der Waals surface area (Å²) < 4.78 is 22.7. The van der Waals surface area contributed by atoms with Gasteiger partial charge in [-0.1, -0.05) is 0 Å². The molecule has 1 aliphatic rings. The van der Waals surface area contributed by atoms with Crippen LogP contribution in [0.1, 0.15) is 12.1 Å². The van der Waals surface area contributed by atoms with Crippen LogP contribution < -0.4 is 10.5 Å². The van der Waals surface area contributed by atoms with Gasteiger partial charge in [-0.2, -0.15) is 0 Å². The van der Waals surface area contributed by atoms with Crippen LogP contribution in [0.5, 0.6) is 0 Å². The number of rotatable bonds is 4. The Morgan fingerprint density at radius 2 is 2.05 bits per heavy atom. The predicted octanol–water partition coefficient (Wildman–Crippen LogP) is -0.864. The summed E-state index contributed by atoms with van der Waals surface area (Å²) in [5.74, 6) is 0.303. The summed E-state index contributed by atoms with van der Waals surface area (Å²) >= 11 is 0. The number of hydrogen-bond acceptors (Lipinski definition) is 6. The van der Waals surface area contributed by atoms with Crippen molar-refractivity contribution >= 4 is 21.9 Å². The van der Waals surface area contributed by atoms with E-state index < -0.39 is 9.84 Å². The summed E-state index contributed by atoms with van der Waals surface area (Å²) in [4.78, 5) is 30.5. The molecule has 0 amide bonds. The molecule has 0 aromatic carbocycles. The molecular formula is C11H15N3O4S. The van der Waals surface area contributed by atoms with E-state index in [9.17, 15) is 18.0 Å². The maximum Gasteiger partial charge on any atom is 0.290 e. The van der Waals surface area contributed by atoms with Crippen LogP contribution in [0.25, 0.3) is 0 Å². The standard InChI is InChI=1S/C11H15N3O4S/c15-5-1-2-9-8-12-11(16)10(13-9)14-3-6-19(17,18)7-4-14/h5,8H,1-4,6-7H2,(H,12,16). The van der Waals surface area contributed by atoms with Crippen molar-refractivity contribution in [2.45, 2.75) is 12.8 Å². The van der Waals surface area contributed by atoms with E-state index in [1.165, 1.54) is 6.20 Å². The molecule has 0 unspecified atom stereocenters. The van der Waals surface area contributed by atoms with Crippen LogP contribution in [0.4, 0.5) is 5.82 Å². The molecule has 0 saturated carbocycles. The Labute approximate surface area is 110 Å². The van der Waals surface area contributed by atoms with E-state index in [2.05, 4.69) is 9.97 Å². The number of aryl methyl sites for hydroxylation is 1. The fraction of sp³-hybridized carbons (Fsp3) is 0.545. The highest BCUT2D eigenvalue weighted by Crippen LogP contribution is 2.11. The van der Waals surface area contributed by atoms with Gasteiger partial charge in [0.25, 0.3) is 5.56 Å². The van der Waals surface area contributed by atoms with E-state index in [1.807, 2.05) is 0 Å². The second kappa shape index (κ2) is 5.52. The molecule has 8 heteroatoms. The predicted molar refractivity (Wildman–Crippen MR) is 70.1 cm³/mol. The number of nitrogens with zero attached hydrogens (tertiary/aromatic N) is 2. The van der Waals surface area contributed by atoms with Crippen LogP contribution in [0.2, 0.25) is 0 Å². The number of anilines is 1. The first-order valence-corrected chi connectivity index (χ1v) is 7.81. The average molecular weight is 285 g/mol. The van der Waals surface area contributed by atoms with Gasteiger partial charge in [-0.15, -0.1) is 0 Å². The van der Waals surface area contributed by atoms with E-state index >= 15 is 0 Å². The Bertz CT molecular complexity index is 609. The lowest BCUT2D eigenvalue weighted by molar-refractivity contribution is -0.107. The first-order valence-electron chi connectivity index (χ1n) is 5.99. The first-order chi connectivity index (χ1) is 9.02. The van der Waals surface area contributed by atoms with Crippen molar-refractivity contribution in [1.29, 1.82) is 0 Å². The summed E-state index contributed by atoms with van der Waals surface area (Å²) in [5, 5.41) is 0. The van der Waals surface area contributed by atoms with E-state index in [0.717, 1.165) is 6.29 Å². The number of aldehydes is 1. The zero-order valence-electron chi connectivity index (χ0n) is 10.3. The third-order valence-corrected chi connectivity index (χ3v) is 4.59. The SMILES string of the molecule is O=CCCc1c[nH]c(=O)c(N2CCS(=O)(=O)CC2)n1. The largest absolute Gasteiger partial charge is 0.350 e. The summed E-state index contributed by atoms with van der Waals surface area (Å²) in [5.41, 5.74) is 0.282. The smallest absolute Gasteiger partial charge is 0.290 e. The zero-order chi connectivity index (χ0) is 13.9. The molecule has 0 atom stereocenters. The van der Waals surface area contributed by atoms with Crippen LogP contribution in [-0.4, -0.2) is 49.3 Å². The van der Waals surface area contributed by atoms with E-state index in [4.69, 9.17) is 0 Å². The Morgan fingerprint density at radius 1 is 1.37 bits per heavy atom. The average Bonchev–Trinajstić information content (AvgIpc) is 2.38. The second-order valence-corrected chi connectivity index (χ2v) is 6.69. The summed E-state index contributed by atoms with van der Waals surface area (Å²) in [6.45, 7) is 0.547. The van der Waals surface area contributed by atoms with Crippen LogP contribution in [0, 0.1) is 0 Å². The molecular weight excluding hydrogens is 270 g/mol. The fourth-order valence-corrected chi connectivity index (χ4v) is 3.11. The number of sulfone groups is 1. The van der Waals surface area contributed by atoms with Crippen molar-refractivity contribution in [3.05, 3.63) is 22.2 Å². The van der Waals surface area contributed by atoms with Crippen molar-refractivity contribution < 1.29 is 13.2 Å². The van der Waals surface area contributed by atoms with Gasteiger partial charge in [0, 0.05) is 25.7 Å². The Balaban J connectivity index is 2.19. The third kappa shape index (κ3) is 3.40. The van der Waals surface area contributed by atoms with Gasteiger partial charge in [-0.25, -0.2) is 13.4 Å². The molecule has 1 fully saturated rings. The summed E-state index contributed by atoms with van der Waals surface area (Å²) in [6, 6.07) is 0. The summed E-state index contributed by atoms with van der Waals surface area (Å²) in [7, 11) is -2.99. The first kappa shape index (κ1) is 13.7. The molecule has 0 aliphatic carbocycles. The maximum atomic E-state index is 11.7. The molecule has 1 aromatic rings. The number of H-pyrrole nitrogens is 1. The maximum absolute atomic E-state index is 11.7. The van der Waals surface area contributed by atoms with Crippen molar-refractivity contribution in [1.82, 2.24) is 9.97 Å². The number of nitrogens with one attached hydrogen (secondary N) is 1. The number of aromatic nitrogens is 2. The molecule has 0 spiro atoms. The van der Waals surface area contributed by atoms with Gasteiger partial charge in [0.05, 0.1) is 17.2 Å². The minimum atomic E-state index is -2.99. The third-order valence-electron chi connectivity index (χ3n) is 2.98. The highest BCUT2D eigenvalue weighted by Gasteiger charge is 2.24. The van der Waals surface area contributed by atoms with Gasteiger partial charge in [0.2, 0.25) is 0 Å². The van der Waals surface area contributed by atoms with Crippen molar-refractivity contribution in [3.63, 3.8) is 0 Å².